The molecule has 0 bridgehead atoms. The summed E-state index contributed by atoms with van der Waals surface area (Å²) in [6, 6.07) is 11.1. The summed E-state index contributed by atoms with van der Waals surface area (Å²) in [5.74, 6) is -10.5. The number of halogens is 4. The van der Waals surface area contributed by atoms with Crippen LogP contribution in [0.2, 0.25) is 5.28 Å². The molecule has 3 atom stereocenters. The number of aromatic nitrogens is 6. The van der Waals surface area contributed by atoms with Crippen molar-refractivity contribution in [2.45, 2.75) is 38.9 Å². The van der Waals surface area contributed by atoms with Crippen LogP contribution in [0.5, 0.6) is 0 Å². The van der Waals surface area contributed by atoms with Gasteiger partial charge in [-0.1, -0.05) is 6.07 Å². The van der Waals surface area contributed by atoms with Crippen LogP contribution in [0, 0.1) is 17.5 Å². The van der Waals surface area contributed by atoms with Gasteiger partial charge in [0, 0.05) is 29.3 Å². The standard InChI is InChI=1S/2C15H14FN5O4.C8H8BFO4.C8H10ClN5O2/c2*1-6(12(17)22)19-11-5-10(13(18)23)20-14(21-11)7-2-3-9(16)8(4-7)15(24)25;1-14-8(11)6-4-5(9(12)13)2-3-7(6)10;1-3(6(10)15)12-5-2-4(7(11)16)13-8(9)14-5/h2*2-6H,1H3,(H2,17,22)(H2,18,23)(H,24,25)(H,19,20,21);2-4,12-13H,1H3;2-3H,1H3,(H2,10,15)(H2,11,16)(H,12,13,14)/t2*6-;;3-/m00.0/s1. The van der Waals surface area contributed by atoms with Crippen molar-refractivity contribution < 1.29 is 81.3 Å². The Kier molecular flexibility index (Phi) is 22.9. The molecule has 0 radical (unpaired) electrons. The molecule has 0 aliphatic carbocycles. The van der Waals surface area contributed by atoms with Gasteiger partial charge in [-0.15, -0.1) is 0 Å². The molecule has 6 rings (SSSR count). The van der Waals surface area contributed by atoms with E-state index in [4.69, 9.17) is 66.3 Å². The fourth-order valence-corrected chi connectivity index (χ4v) is 5.86. The van der Waals surface area contributed by atoms with Gasteiger partial charge in [0.15, 0.2) is 11.6 Å². The van der Waals surface area contributed by atoms with Crippen LogP contribution in [0.3, 0.4) is 0 Å². The largest absolute Gasteiger partial charge is 0.488 e. The van der Waals surface area contributed by atoms with E-state index in [9.17, 15) is 56.3 Å². The SMILES string of the molecule is COC(=O)c1cc(B(O)O)ccc1F.C[C@H](Nc1cc(C(N)=O)nc(-c2ccc(F)c(C(=O)O)c2)n1)C(N)=O.C[C@H](Nc1cc(C(N)=O)nc(-c2ccc(F)c(C(=O)O)c2)n1)C(N)=O.C[C@H](Nc1cc(C(N)=O)nc(Cl)n1)C(N)=O. The van der Waals surface area contributed by atoms with Crippen LogP contribution >= 0.6 is 11.6 Å². The zero-order chi connectivity index (χ0) is 60.5. The number of ether oxygens (including phenoxy) is 1. The number of anilines is 3. The number of esters is 1. The number of carbonyl (C=O) groups excluding carboxylic acids is 7. The lowest BCUT2D eigenvalue weighted by molar-refractivity contribution is -0.119. The first-order valence-corrected chi connectivity index (χ1v) is 22.4. The third-order valence-electron chi connectivity index (χ3n) is 9.89. The number of rotatable bonds is 18. The molecule has 34 heteroatoms. The van der Waals surface area contributed by atoms with E-state index in [1.807, 2.05) is 0 Å². The Bertz CT molecular complexity index is 3240. The average molecular weight is 1140 g/mol. The first kappa shape index (κ1) is 63.9. The maximum Gasteiger partial charge on any atom is 0.488 e. The van der Waals surface area contributed by atoms with Gasteiger partial charge in [0.1, 0.15) is 70.1 Å². The number of carboxylic acid groups (broad SMARTS) is 2. The van der Waals surface area contributed by atoms with Gasteiger partial charge in [-0.3, -0.25) is 28.8 Å². The number of amides is 6. The number of nitrogens with one attached hydrogen (secondary N) is 3. The number of hydrogen-bond donors (Lipinski definition) is 13. The number of methoxy groups -OCH3 is 1. The highest BCUT2D eigenvalue weighted by molar-refractivity contribution is 6.58. The minimum atomic E-state index is -1.74. The molecule has 3 aromatic carbocycles. The van der Waals surface area contributed by atoms with Crippen molar-refractivity contribution in [3.8, 4) is 22.8 Å². The first-order valence-electron chi connectivity index (χ1n) is 22.0. The Labute approximate surface area is 453 Å². The topological polar surface area (TPSA) is 513 Å². The Morgan fingerprint density at radius 1 is 0.512 bits per heavy atom. The molecule has 0 aliphatic heterocycles. The van der Waals surface area contributed by atoms with Crippen molar-refractivity contribution in [1.29, 1.82) is 0 Å². The minimum Gasteiger partial charge on any atom is -0.478 e. The second-order valence-corrected chi connectivity index (χ2v) is 16.2. The van der Waals surface area contributed by atoms with Gasteiger partial charge in [0.2, 0.25) is 23.0 Å². The Balaban J connectivity index is 0.000000289. The average Bonchev–Trinajstić information content (AvgIpc) is 3.38. The van der Waals surface area contributed by atoms with Crippen molar-refractivity contribution in [3.63, 3.8) is 0 Å². The van der Waals surface area contributed by atoms with E-state index in [1.165, 1.54) is 50.2 Å². The van der Waals surface area contributed by atoms with Crippen LogP contribution in [0.25, 0.3) is 22.8 Å². The highest BCUT2D eigenvalue weighted by atomic mass is 35.5. The molecule has 80 heavy (non-hydrogen) atoms. The third-order valence-corrected chi connectivity index (χ3v) is 10.1. The van der Waals surface area contributed by atoms with E-state index < -0.39 is 107 Å². The predicted molar refractivity (Wildman–Crippen MR) is 276 cm³/mol. The number of benzene rings is 3. The number of primary amides is 6. The Morgan fingerprint density at radius 3 is 1.18 bits per heavy atom. The maximum absolute atomic E-state index is 13.5. The number of carboxylic acids is 2. The van der Waals surface area contributed by atoms with Gasteiger partial charge in [0.25, 0.3) is 17.7 Å². The Hall–Kier alpha value is -10.4. The second kappa shape index (κ2) is 28.6. The number of carbonyl (C=O) groups is 9. The molecule has 420 valence electrons. The van der Waals surface area contributed by atoms with Crippen LogP contribution in [-0.4, -0.2) is 136 Å². The molecule has 6 aromatic rings. The predicted octanol–water partition coefficient (Wildman–Crippen LogP) is -0.462. The normalized spacial score (nSPS) is 11.3. The first-order chi connectivity index (χ1) is 37.3. The van der Waals surface area contributed by atoms with Gasteiger partial charge in [-0.05, 0) is 86.4 Å². The molecule has 0 saturated carbocycles. The molecule has 3 aromatic heterocycles. The summed E-state index contributed by atoms with van der Waals surface area (Å²) in [6.07, 6.45) is 0. The second-order valence-electron chi connectivity index (χ2n) is 15.8. The molecule has 6 amide bonds. The zero-order valence-corrected chi connectivity index (χ0v) is 42.5. The highest BCUT2D eigenvalue weighted by Crippen LogP contribution is 2.24. The number of nitrogens with zero attached hydrogens (tertiary/aromatic N) is 6. The Morgan fingerprint density at radius 2 is 0.850 bits per heavy atom. The summed E-state index contributed by atoms with van der Waals surface area (Å²) in [7, 11) is -0.622. The highest BCUT2D eigenvalue weighted by Gasteiger charge is 2.21. The molecular weight excluding hydrogens is 1090 g/mol. The van der Waals surface area contributed by atoms with Crippen LogP contribution in [-0.2, 0) is 19.1 Å². The molecule has 0 unspecified atom stereocenters. The van der Waals surface area contributed by atoms with Crippen molar-refractivity contribution in [2.75, 3.05) is 23.1 Å². The van der Waals surface area contributed by atoms with Gasteiger partial charge in [0.05, 0.1) is 23.8 Å². The molecule has 3 heterocycles. The van der Waals surface area contributed by atoms with Crippen molar-refractivity contribution in [2.24, 2.45) is 34.4 Å². The van der Waals surface area contributed by atoms with E-state index >= 15 is 0 Å². The van der Waals surface area contributed by atoms with Crippen LogP contribution in [0.15, 0.2) is 72.8 Å². The van der Waals surface area contributed by atoms with E-state index in [0.717, 1.165) is 43.5 Å². The van der Waals surface area contributed by atoms with Crippen molar-refractivity contribution >= 4 is 95.0 Å². The lowest BCUT2D eigenvalue weighted by atomic mass is 9.79. The number of hydrogen-bond acceptors (Lipinski definition) is 21. The molecular formula is C46H46BClF3N15O14. The molecule has 0 fully saturated rings. The van der Waals surface area contributed by atoms with Crippen LogP contribution in [0.4, 0.5) is 30.6 Å². The molecule has 0 aliphatic rings. The monoisotopic (exact) mass is 1140 g/mol. The third kappa shape index (κ3) is 18.7. The van der Waals surface area contributed by atoms with Crippen molar-refractivity contribution in [3.05, 3.63) is 129 Å². The molecule has 29 nitrogen and oxygen atoms in total. The van der Waals surface area contributed by atoms with E-state index in [2.05, 4.69) is 50.6 Å². The van der Waals surface area contributed by atoms with E-state index in [1.54, 1.807) is 6.92 Å². The lowest BCUT2D eigenvalue weighted by Crippen LogP contribution is -2.33. The summed E-state index contributed by atoms with van der Waals surface area (Å²) in [6.45, 7) is 4.51. The molecule has 0 spiro atoms. The smallest absolute Gasteiger partial charge is 0.478 e. The summed E-state index contributed by atoms with van der Waals surface area (Å²) in [5, 5.41) is 43.4. The van der Waals surface area contributed by atoms with Gasteiger partial charge < -0.3 is 75.4 Å². The fraction of sp³-hybridized carbons (Fsp3) is 0.152. The van der Waals surface area contributed by atoms with Gasteiger partial charge in [-0.25, -0.2) is 57.5 Å². The van der Waals surface area contributed by atoms with Crippen LogP contribution < -0.4 is 55.8 Å². The number of aromatic carboxylic acids is 2. The van der Waals surface area contributed by atoms with Crippen LogP contribution in [0.1, 0.15) is 83.3 Å². The quantitative estimate of drug-likeness (QED) is 0.0294. The fourth-order valence-electron chi connectivity index (χ4n) is 5.68. The lowest BCUT2D eigenvalue weighted by Gasteiger charge is -2.13. The van der Waals surface area contributed by atoms with Gasteiger partial charge >= 0.3 is 25.0 Å². The summed E-state index contributed by atoms with van der Waals surface area (Å²) < 4.78 is 44.4. The van der Waals surface area contributed by atoms with Crippen molar-refractivity contribution in [1.82, 2.24) is 29.9 Å². The minimum absolute atomic E-state index is 0.0341. The number of nitrogens with two attached hydrogens (primary N) is 6. The molecule has 0 saturated heterocycles. The van der Waals surface area contributed by atoms with E-state index in [-0.39, 0.29) is 73.6 Å². The zero-order valence-electron chi connectivity index (χ0n) is 41.8. The van der Waals surface area contributed by atoms with Gasteiger partial charge in [-0.2, -0.15) is 0 Å². The maximum atomic E-state index is 13.5. The molecule has 19 N–H and O–H groups in total. The summed E-state index contributed by atoms with van der Waals surface area (Å²) in [4.78, 5) is 123. The van der Waals surface area contributed by atoms with E-state index in [0.29, 0.717) is 0 Å². The summed E-state index contributed by atoms with van der Waals surface area (Å²) >= 11 is 5.57. The summed E-state index contributed by atoms with van der Waals surface area (Å²) in [5.41, 5.74) is 29.3.